The maximum absolute atomic E-state index is 5.99. The van der Waals surface area contributed by atoms with Crippen molar-refractivity contribution in [2.24, 2.45) is 0 Å². The van der Waals surface area contributed by atoms with Crippen molar-refractivity contribution in [1.29, 1.82) is 0 Å². The van der Waals surface area contributed by atoms with Gasteiger partial charge in [-0.15, -0.1) is 0 Å². The van der Waals surface area contributed by atoms with Crippen LogP contribution in [-0.4, -0.2) is 55.7 Å². The lowest BCUT2D eigenvalue weighted by Gasteiger charge is -2.36. The minimum atomic E-state index is 0.414. The lowest BCUT2D eigenvalue weighted by atomic mass is 10.2. The van der Waals surface area contributed by atoms with Crippen molar-refractivity contribution in [3.05, 3.63) is 54.6 Å². The Kier molecular flexibility index (Phi) is 5.72. The van der Waals surface area contributed by atoms with Crippen molar-refractivity contribution in [2.75, 3.05) is 39.8 Å². The second kappa shape index (κ2) is 8.18. The summed E-state index contributed by atoms with van der Waals surface area (Å²) in [4.78, 5) is 4.86. The van der Waals surface area contributed by atoms with E-state index in [9.17, 15) is 0 Å². The van der Waals surface area contributed by atoms with E-state index in [2.05, 4.69) is 23.8 Å². The van der Waals surface area contributed by atoms with Crippen LogP contribution in [-0.2, 0) is 0 Å². The van der Waals surface area contributed by atoms with E-state index in [4.69, 9.17) is 9.47 Å². The molecule has 1 unspecified atom stereocenters. The minimum Gasteiger partial charge on any atom is -0.492 e. The highest BCUT2D eigenvalue weighted by molar-refractivity contribution is 5.36. The van der Waals surface area contributed by atoms with Crippen molar-refractivity contribution in [1.82, 2.24) is 9.80 Å². The Morgan fingerprint density at radius 2 is 1.54 bits per heavy atom. The molecule has 3 rings (SSSR count). The fraction of sp³-hybridized carbons (Fsp3) is 0.400. The highest BCUT2D eigenvalue weighted by Gasteiger charge is 2.19. The summed E-state index contributed by atoms with van der Waals surface area (Å²) in [5, 5.41) is 0. The lowest BCUT2D eigenvalue weighted by Crippen LogP contribution is -2.49. The molecule has 1 fully saturated rings. The average Bonchev–Trinajstić information content (AvgIpc) is 2.61. The number of hydrogen-bond donors (Lipinski definition) is 0. The predicted octanol–water partition coefficient (Wildman–Crippen LogP) is 3.49. The fourth-order valence-electron chi connectivity index (χ4n) is 2.84. The van der Waals surface area contributed by atoms with Crippen molar-refractivity contribution < 1.29 is 9.47 Å². The maximum Gasteiger partial charge on any atom is 0.131 e. The summed E-state index contributed by atoms with van der Waals surface area (Å²) < 4.78 is 11.8. The van der Waals surface area contributed by atoms with Gasteiger partial charge in [-0.2, -0.15) is 0 Å². The van der Waals surface area contributed by atoms with E-state index in [1.165, 1.54) is 0 Å². The third-order valence-corrected chi connectivity index (χ3v) is 4.44. The number of ether oxygens (including phenoxy) is 2. The fourth-order valence-corrected chi connectivity index (χ4v) is 2.84. The summed E-state index contributed by atoms with van der Waals surface area (Å²) in [6.45, 7) is 7.40. The molecule has 0 aromatic heterocycles. The van der Waals surface area contributed by atoms with E-state index < -0.39 is 0 Å². The molecule has 2 aromatic rings. The predicted molar refractivity (Wildman–Crippen MR) is 97.0 cm³/mol. The number of piperazine rings is 1. The van der Waals surface area contributed by atoms with E-state index in [0.29, 0.717) is 12.6 Å². The van der Waals surface area contributed by atoms with Gasteiger partial charge in [-0.25, -0.2) is 0 Å². The average molecular weight is 326 g/mol. The first kappa shape index (κ1) is 16.8. The van der Waals surface area contributed by atoms with Crippen LogP contribution in [0.3, 0.4) is 0 Å². The van der Waals surface area contributed by atoms with Crippen LogP contribution in [0.1, 0.15) is 6.92 Å². The zero-order valence-corrected chi connectivity index (χ0v) is 14.5. The molecule has 1 aliphatic heterocycles. The Morgan fingerprint density at radius 1 is 0.875 bits per heavy atom. The van der Waals surface area contributed by atoms with Crippen LogP contribution in [0.4, 0.5) is 0 Å². The Labute approximate surface area is 144 Å². The van der Waals surface area contributed by atoms with Gasteiger partial charge in [-0.3, -0.25) is 4.90 Å². The summed E-state index contributed by atoms with van der Waals surface area (Å²) >= 11 is 0. The highest BCUT2D eigenvalue weighted by atomic mass is 16.5. The molecular formula is C20H26N2O2. The SMILES string of the molecule is CC(COc1cccc(Oc2ccccc2)c1)N1CCN(C)CC1. The molecule has 2 aromatic carbocycles. The molecule has 0 radical (unpaired) electrons. The zero-order chi connectivity index (χ0) is 16.8. The van der Waals surface area contributed by atoms with Gasteiger partial charge >= 0.3 is 0 Å². The molecule has 0 aliphatic carbocycles. The van der Waals surface area contributed by atoms with Gasteiger partial charge in [-0.05, 0) is 38.2 Å². The largest absolute Gasteiger partial charge is 0.492 e. The van der Waals surface area contributed by atoms with E-state index in [-0.39, 0.29) is 0 Å². The zero-order valence-electron chi connectivity index (χ0n) is 14.5. The van der Waals surface area contributed by atoms with E-state index >= 15 is 0 Å². The smallest absolute Gasteiger partial charge is 0.131 e. The van der Waals surface area contributed by atoms with E-state index in [1.807, 2.05) is 54.6 Å². The van der Waals surface area contributed by atoms with E-state index in [0.717, 1.165) is 43.4 Å². The first-order chi connectivity index (χ1) is 11.7. The van der Waals surface area contributed by atoms with Crippen LogP contribution in [0, 0.1) is 0 Å². The summed E-state index contributed by atoms with van der Waals surface area (Å²) in [7, 11) is 2.18. The number of likely N-dealkylation sites (N-methyl/N-ethyl adjacent to an activating group) is 1. The standard InChI is InChI=1S/C20H26N2O2/c1-17(22-13-11-21(2)12-14-22)16-23-19-9-6-10-20(15-19)24-18-7-4-3-5-8-18/h3-10,15,17H,11-14,16H2,1-2H3. The normalized spacial score (nSPS) is 17.4. The quantitative estimate of drug-likeness (QED) is 0.811. The van der Waals surface area contributed by atoms with Crippen molar-refractivity contribution in [3.63, 3.8) is 0 Å². The van der Waals surface area contributed by atoms with Gasteiger partial charge in [0.05, 0.1) is 0 Å². The molecule has 4 nitrogen and oxygen atoms in total. The van der Waals surface area contributed by atoms with Gasteiger partial charge in [0.25, 0.3) is 0 Å². The van der Waals surface area contributed by atoms with Crippen LogP contribution in [0.2, 0.25) is 0 Å². The van der Waals surface area contributed by atoms with Crippen molar-refractivity contribution >= 4 is 0 Å². The second-order valence-corrected chi connectivity index (χ2v) is 6.39. The van der Waals surface area contributed by atoms with Crippen LogP contribution in [0.15, 0.2) is 54.6 Å². The summed E-state index contributed by atoms with van der Waals surface area (Å²) in [6.07, 6.45) is 0. The molecule has 0 saturated carbocycles. The molecule has 4 heteroatoms. The molecule has 128 valence electrons. The molecule has 0 N–H and O–H groups in total. The highest BCUT2D eigenvalue weighted by Crippen LogP contribution is 2.25. The number of rotatable bonds is 6. The first-order valence-electron chi connectivity index (χ1n) is 8.59. The van der Waals surface area contributed by atoms with Gasteiger partial charge in [0.2, 0.25) is 0 Å². The third kappa shape index (κ3) is 4.73. The second-order valence-electron chi connectivity index (χ2n) is 6.39. The molecule has 24 heavy (non-hydrogen) atoms. The van der Waals surface area contributed by atoms with Gasteiger partial charge < -0.3 is 14.4 Å². The maximum atomic E-state index is 5.99. The van der Waals surface area contributed by atoms with Gasteiger partial charge in [0.15, 0.2) is 0 Å². The van der Waals surface area contributed by atoms with Gasteiger partial charge in [0.1, 0.15) is 23.9 Å². The molecule has 1 aliphatic rings. The molecule has 0 amide bonds. The summed E-state index contributed by atoms with van der Waals surface area (Å²) in [5.74, 6) is 2.48. The van der Waals surface area contributed by atoms with Crippen LogP contribution >= 0.6 is 0 Å². The molecule has 1 atom stereocenters. The summed E-state index contributed by atoms with van der Waals surface area (Å²) in [5.41, 5.74) is 0. The molecule has 1 heterocycles. The number of nitrogens with zero attached hydrogens (tertiary/aromatic N) is 2. The number of para-hydroxylation sites is 1. The van der Waals surface area contributed by atoms with Crippen LogP contribution in [0.5, 0.6) is 17.2 Å². The van der Waals surface area contributed by atoms with Crippen molar-refractivity contribution in [2.45, 2.75) is 13.0 Å². The number of hydrogen-bond acceptors (Lipinski definition) is 4. The Hall–Kier alpha value is -2.04. The lowest BCUT2D eigenvalue weighted by molar-refractivity contribution is 0.0903. The monoisotopic (exact) mass is 326 g/mol. The Morgan fingerprint density at radius 3 is 2.29 bits per heavy atom. The first-order valence-corrected chi connectivity index (χ1v) is 8.59. The van der Waals surface area contributed by atoms with Crippen molar-refractivity contribution in [3.8, 4) is 17.2 Å². The Bertz CT molecular complexity index is 625. The summed E-state index contributed by atoms with van der Waals surface area (Å²) in [6, 6.07) is 18.1. The molecule has 1 saturated heterocycles. The number of benzene rings is 2. The molecule has 0 bridgehead atoms. The van der Waals surface area contributed by atoms with Crippen LogP contribution < -0.4 is 9.47 Å². The van der Waals surface area contributed by atoms with Gasteiger partial charge in [-0.1, -0.05) is 24.3 Å². The van der Waals surface area contributed by atoms with Crippen LogP contribution in [0.25, 0.3) is 0 Å². The van der Waals surface area contributed by atoms with E-state index in [1.54, 1.807) is 0 Å². The third-order valence-electron chi connectivity index (χ3n) is 4.44. The minimum absolute atomic E-state index is 0.414. The Balaban J connectivity index is 1.53. The van der Waals surface area contributed by atoms with Gasteiger partial charge in [0, 0.05) is 38.3 Å². The molecular weight excluding hydrogens is 300 g/mol. The molecule has 0 spiro atoms. The topological polar surface area (TPSA) is 24.9 Å².